The molecule has 1 aliphatic carbocycles. The molecule has 0 bridgehead atoms. The Bertz CT molecular complexity index is 1380. The zero-order chi connectivity index (χ0) is 25.8. The Morgan fingerprint density at radius 3 is 2.19 bits per heavy atom. The van der Waals surface area contributed by atoms with Crippen molar-refractivity contribution >= 4 is 28.2 Å². The molecule has 2 N–H and O–H groups in total. The Morgan fingerprint density at radius 1 is 0.892 bits per heavy atom. The van der Waals surface area contributed by atoms with Gasteiger partial charge in [-0.1, -0.05) is 99.8 Å². The smallest absolute Gasteiger partial charge is 0.243 e. The van der Waals surface area contributed by atoms with Crippen LogP contribution in [0.3, 0.4) is 0 Å². The molecular weight excluding hydrogens is 458 g/mol. The van der Waals surface area contributed by atoms with E-state index in [1.165, 1.54) is 6.42 Å². The Labute approximate surface area is 218 Å². The quantitative estimate of drug-likeness (QED) is 0.268. The highest BCUT2D eigenvalue weighted by molar-refractivity contribution is 6.22. The van der Waals surface area contributed by atoms with Crippen LogP contribution in [0.5, 0.6) is 5.88 Å². The van der Waals surface area contributed by atoms with Crippen LogP contribution in [0.4, 0.5) is 5.69 Å². The van der Waals surface area contributed by atoms with Gasteiger partial charge in [0.25, 0.3) is 0 Å². The molecule has 0 aliphatic heterocycles. The summed E-state index contributed by atoms with van der Waals surface area (Å²) in [4.78, 5) is 18.7. The maximum Gasteiger partial charge on any atom is 0.243 e. The zero-order valence-electron chi connectivity index (χ0n) is 21.6. The molecule has 0 saturated heterocycles. The molecule has 1 amide bonds. The monoisotopic (exact) mass is 493 g/mol. The van der Waals surface area contributed by atoms with E-state index in [0.717, 1.165) is 47.8 Å². The molecule has 37 heavy (non-hydrogen) atoms. The Balaban J connectivity index is 1.68. The predicted octanol–water partition coefficient (Wildman–Crippen LogP) is 7.16. The van der Waals surface area contributed by atoms with Gasteiger partial charge in [-0.15, -0.1) is 0 Å². The Kier molecular flexibility index (Phi) is 7.40. The predicted molar refractivity (Wildman–Crippen MR) is 151 cm³/mol. The summed E-state index contributed by atoms with van der Waals surface area (Å²) in [5.41, 5.74) is 3.84. The molecule has 5 nitrogen and oxygen atoms in total. The van der Waals surface area contributed by atoms with Crippen molar-refractivity contribution in [3.63, 3.8) is 0 Å². The topological polar surface area (TPSA) is 66.6 Å². The number of carbonyl (C=O) groups excluding carboxylic acids is 1. The minimum Gasteiger partial charge on any atom is -0.494 e. The lowest BCUT2D eigenvalue weighted by Gasteiger charge is -2.28. The number of aromatic nitrogens is 1. The van der Waals surface area contributed by atoms with E-state index in [-0.39, 0.29) is 23.7 Å². The van der Waals surface area contributed by atoms with Crippen LogP contribution in [-0.2, 0) is 4.79 Å². The number of aromatic hydroxyl groups is 1. The molecule has 1 saturated carbocycles. The summed E-state index contributed by atoms with van der Waals surface area (Å²) in [5.74, 6) is 0.00683. The van der Waals surface area contributed by atoms with Crippen molar-refractivity contribution in [2.45, 2.75) is 58.0 Å². The number of hydrogen-bond acceptors (Lipinski definition) is 3. The van der Waals surface area contributed by atoms with Crippen LogP contribution in [0.15, 0.2) is 89.9 Å². The fraction of sp³-hybridized carbons (Fsp3) is 0.312. The minimum absolute atomic E-state index is 0.0237. The molecule has 5 heteroatoms. The van der Waals surface area contributed by atoms with Crippen LogP contribution in [0.25, 0.3) is 10.9 Å². The zero-order valence-corrected chi connectivity index (χ0v) is 21.6. The molecule has 1 heterocycles. The average molecular weight is 494 g/mol. The third-order valence-corrected chi connectivity index (χ3v) is 7.30. The van der Waals surface area contributed by atoms with Crippen LogP contribution in [0.1, 0.15) is 63.1 Å². The molecule has 1 fully saturated rings. The second-order valence-corrected chi connectivity index (χ2v) is 10.3. The van der Waals surface area contributed by atoms with Gasteiger partial charge < -0.3 is 10.4 Å². The number of carbonyl (C=O) groups is 1. The van der Waals surface area contributed by atoms with Gasteiger partial charge in [0.1, 0.15) is 6.04 Å². The molecule has 1 atom stereocenters. The fourth-order valence-electron chi connectivity index (χ4n) is 5.51. The van der Waals surface area contributed by atoms with Gasteiger partial charge >= 0.3 is 0 Å². The number of nitrogens with one attached hydrogen (secondary N) is 1. The van der Waals surface area contributed by atoms with Crippen molar-refractivity contribution in [2.75, 3.05) is 0 Å². The van der Waals surface area contributed by atoms with E-state index in [9.17, 15) is 9.90 Å². The third kappa shape index (κ3) is 5.17. The van der Waals surface area contributed by atoms with E-state index in [1.807, 2.05) is 103 Å². The normalized spacial score (nSPS) is 15.7. The highest BCUT2D eigenvalue weighted by Crippen LogP contribution is 2.39. The lowest BCUT2D eigenvalue weighted by Crippen LogP contribution is -2.42. The largest absolute Gasteiger partial charge is 0.494 e. The maximum absolute atomic E-state index is 13.7. The lowest BCUT2D eigenvalue weighted by atomic mass is 9.94. The standard InChI is InChI=1S/C32H35N3O2/c1-22(2)30(31(36)34-25-18-10-5-11-19-25)35-27-21-13-12-20-26(27)28(32(35)37)29(23-14-6-3-7-15-23)33-24-16-8-4-9-17-24/h3-4,6-9,12-17,20-22,25,30,37H,5,10-11,18-19H2,1-2H3,(H,34,36). The highest BCUT2D eigenvalue weighted by Gasteiger charge is 2.33. The molecule has 4 aromatic rings. The molecular formula is C32H35N3O2. The SMILES string of the molecule is CC(C)C(C(=O)NC1CCCCC1)n1c(O)c(C(=Nc2ccccc2)c2ccccc2)c2ccccc21. The first-order chi connectivity index (χ1) is 18.0. The van der Waals surface area contributed by atoms with Crippen molar-refractivity contribution in [1.29, 1.82) is 0 Å². The summed E-state index contributed by atoms with van der Waals surface area (Å²) in [7, 11) is 0. The molecule has 5 rings (SSSR count). The van der Waals surface area contributed by atoms with Crippen molar-refractivity contribution in [2.24, 2.45) is 10.9 Å². The molecule has 190 valence electrons. The third-order valence-electron chi connectivity index (χ3n) is 7.30. The average Bonchev–Trinajstić information content (AvgIpc) is 3.20. The molecule has 1 aliphatic rings. The number of hydrogen-bond donors (Lipinski definition) is 2. The lowest BCUT2D eigenvalue weighted by molar-refractivity contribution is -0.126. The van der Waals surface area contributed by atoms with Gasteiger partial charge in [0, 0.05) is 17.0 Å². The Hall–Kier alpha value is -3.86. The van der Waals surface area contributed by atoms with E-state index in [2.05, 4.69) is 5.32 Å². The summed E-state index contributed by atoms with van der Waals surface area (Å²) in [5, 5.41) is 16.1. The highest BCUT2D eigenvalue weighted by atomic mass is 16.3. The second-order valence-electron chi connectivity index (χ2n) is 10.3. The first-order valence-corrected chi connectivity index (χ1v) is 13.4. The van der Waals surface area contributed by atoms with E-state index in [1.54, 1.807) is 0 Å². The summed E-state index contributed by atoms with van der Waals surface area (Å²) in [6.07, 6.45) is 5.56. The summed E-state index contributed by atoms with van der Waals surface area (Å²) in [6.45, 7) is 4.07. The van der Waals surface area contributed by atoms with Gasteiger partial charge in [-0.05, 0) is 37.0 Å². The number of benzene rings is 3. The van der Waals surface area contributed by atoms with Crippen molar-refractivity contribution in [3.05, 3.63) is 96.1 Å². The van der Waals surface area contributed by atoms with E-state index < -0.39 is 6.04 Å². The molecule has 1 unspecified atom stereocenters. The van der Waals surface area contributed by atoms with Crippen molar-refractivity contribution < 1.29 is 9.90 Å². The van der Waals surface area contributed by atoms with Crippen LogP contribution >= 0.6 is 0 Å². The van der Waals surface area contributed by atoms with Crippen LogP contribution < -0.4 is 5.32 Å². The van der Waals surface area contributed by atoms with E-state index in [4.69, 9.17) is 4.99 Å². The summed E-state index contributed by atoms with van der Waals surface area (Å²) >= 11 is 0. The number of aliphatic imine (C=N–C) groups is 1. The number of nitrogens with zero attached hydrogens (tertiary/aromatic N) is 2. The number of amides is 1. The van der Waals surface area contributed by atoms with E-state index in [0.29, 0.717) is 11.3 Å². The van der Waals surface area contributed by atoms with E-state index >= 15 is 0 Å². The van der Waals surface area contributed by atoms with Gasteiger partial charge in [-0.3, -0.25) is 9.36 Å². The van der Waals surface area contributed by atoms with Crippen LogP contribution in [0, 0.1) is 5.92 Å². The minimum atomic E-state index is -0.547. The molecule has 1 aromatic heterocycles. The number of para-hydroxylation sites is 2. The molecule has 0 radical (unpaired) electrons. The second kappa shape index (κ2) is 11.0. The van der Waals surface area contributed by atoms with Gasteiger partial charge in [-0.25, -0.2) is 4.99 Å². The van der Waals surface area contributed by atoms with Gasteiger partial charge in [-0.2, -0.15) is 0 Å². The maximum atomic E-state index is 13.7. The molecule has 0 spiro atoms. The van der Waals surface area contributed by atoms with Gasteiger partial charge in [0.05, 0.1) is 22.5 Å². The van der Waals surface area contributed by atoms with Crippen molar-refractivity contribution in [3.8, 4) is 5.88 Å². The summed E-state index contributed by atoms with van der Waals surface area (Å²) < 4.78 is 1.82. The Morgan fingerprint density at radius 2 is 1.51 bits per heavy atom. The number of rotatable bonds is 7. The molecule has 3 aromatic carbocycles. The van der Waals surface area contributed by atoms with Gasteiger partial charge in [0.15, 0.2) is 0 Å². The van der Waals surface area contributed by atoms with Crippen LogP contribution in [0.2, 0.25) is 0 Å². The van der Waals surface area contributed by atoms with Crippen molar-refractivity contribution in [1.82, 2.24) is 9.88 Å². The number of fused-ring (bicyclic) bond motifs is 1. The van der Waals surface area contributed by atoms with Crippen LogP contribution in [-0.4, -0.2) is 27.3 Å². The van der Waals surface area contributed by atoms with Gasteiger partial charge in [0.2, 0.25) is 11.8 Å². The first kappa shape index (κ1) is 24.8. The fourth-order valence-corrected chi connectivity index (χ4v) is 5.51. The first-order valence-electron chi connectivity index (χ1n) is 13.4. The summed E-state index contributed by atoms with van der Waals surface area (Å²) in [6, 6.07) is 27.2.